The van der Waals surface area contributed by atoms with E-state index in [4.69, 9.17) is 9.47 Å². The van der Waals surface area contributed by atoms with Gasteiger partial charge < -0.3 is 9.47 Å². The van der Waals surface area contributed by atoms with Crippen molar-refractivity contribution in [2.24, 2.45) is 0 Å². The van der Waals surface area contributed by atoms with Crippen molar-refractivity contribution in [2.45, 2.75) is 38.4 Å². The fourth-order valence-corrected chi connectivity index (χ4v) is 2.83. The number of rotatable bonds is 5. The van der Waals surface area contributed by atoms with Crippen LogP contribution in [0.3, 0.4) is 0 Å². The zero-order chi connectivity index (χ0) is 13.6. The molecule has 0 spiro atoms. The molecule has 1 saturated heterocycles. The summed E-state index contributed by atoms with van der Waals surface area (Å²) in [6.07, 6.45) is 5.61. The molecule has 0 radical (unpaired) electrons. The van der Waals surface area contributed by atoms with Crippen molar-refractivity contribution in [3.05, 3.63) is 48.0 Å². The van der Waals surface area contributed by atoms with Gasteiger partial charge in [0.15, 0.2) is 6.29 Å². The van der Waals surface area contributed by atoms with Gasteiger partial charge in [-0.1, -0.05) is 42.5 Å². The number of hydrogen-bond donors (Lipinski definition) is 0. The van der Waals surface area contributed by atoms with Gasteiger partial charge in [0.25, 0.3) is 0 Å². The number of fused-ring (bicyclic) bond motifs is 1. The Hall–Kier alpha value is -1.38. The van der Waals surface area contributed by atoms with Crippen LogP contribution >= 0.6 is 0 Å². The molecule has 1 fully saturated rings. The predicted molar refractivity (Wildman–Crippen MR) is 81.8 cm³/mol. The fourth-order valence-electron chi connectivity index (χ4n) is 2.83. The molecule has 0 saturated carbocycles. The van der Waals surface area contributed by atoms with Gasteiger partial charge in [-0.25, -0.2) is 0 Å². The third-order valence-corrected chi connectivity index (χ3v) is 3.91. The second-order valence-corrected chi connectivity index (χ2v) is 5.41. The Morgan fingerprint density at radius 1 is 1.05 bits per heavy atom. The average molecular weight is 270 g/mol. The van der Waals surface area contributed by atoms with Crippen molar-refractivity contribution in [1.82, 2.24) is 0 Å². The molecule has 2 aromatic rings. The standard InChI is InChI=1S/C18H22O2/c1-2-11-17-15(7-1)8-5-9-16(17)10-6-14-20-18-12-3-4-13-19-18/h1-2,5,7-9,11,18H,3-4,6,10,12-14H2. The highest BCUT2D eigenvalue weighted by Gasteiger charge is 2.13. The molecule has 1 aliphatic heterocycles. The first kappa shape index (κ1) is 13.6. The van der Waals surface area contributed by atoms with Crippen LogP contribution in [0.2, 0.25) is 0 Å². The van der Waals surface area contributed by atoms with E-state index >= 15 is 0 Å². The Labute approximate surface area is 120 Å². The highest BCUT2D eigenvalue weighted by atomic mass is 16.7. The quantitative estimate of drug-likeness (QED) is 0.753. The van der Waals surface area contributed by atoms with E-state index in [1.807, 2.05) is 0 Å². The van der Waals surface area contributed by atoms with Crippen LogP contribution in [0.25, 0.3) is 10.8 Å². The molecule has 2 aromatic carbocycles. The Bertz CT molecular complexity index is 539. The lowest BCUT2D eigenvalue weighted by Crippen LogP contribution is -2.22. The van der Waals surface area contributed by atoms with E-state index in [9.17, 15) is 0 Å². The lowest BCUT2D eigenvalue weighted by atomic mass is 10.0. The molecule has 0 amide bonds. The maximum Gasteiger partial charge on any atom is 0.157 e. The SMILES string of the molecule is c1ccc2c(CCCOC3CCCCO3)cccc2c1. The minimum Gasteiger partial charge on any atom is -0.353 e. The molecule has 0 aliphatic carbocycles. The summed E-state index contributed by atoms with van der Waals surface area (Å²) in [6, 6.07) is 15.1. The van der Waals surface area contributed by atoms with E-state index in [1.165, 1.54) is 29.2 Å². The molecular formula is C18H22O2. The lowest BCUT2D eigenvalue weighted by Gasteiger charge is -2.22. The Morgan fingerprint density at radius 3 is 2.85 bits per heavy atom. The first-order chi connectivity index (χ1) is 9.93. The summed E-state index contributed by atoms with van der Waals surface area (Å²) in [5.74, 6) is 0. The number of ether oxygens (including phenoxy) is 2. The van der Waals surface area contributed by atoms with Crippen LogP contribution in [0.1, 0.15) is 31.2 Å². The van der Waals surface area contributed by atoms with Crippen LogP contribution in [-0.2, 0) is 15.9 Å². The van der Waals surface area contributed by atoms with Crippen LogP contribution in [-0.4, -0.2) is 19.5 Å². The molecule has 20 heavy (non-hydrogen) atoms. The zero-order valence-corrected chi connectivity index (χ0v) is 11.9. The van der Waals surface area contributed by atoms with E-state index < -0.39 is 0 Å². The summed E-state index contributed by atoms with van der Waals surface area (Å²) in [4.78, 5) is 0. The molecule has 0 N–H and O–H groups in total. The summed E-state index contributed by atoms with van der Waals surface area (Å²) >= 11 is 0. The Morgan fingerprint density at radius 2 is 1.95 bits per heavy atom. The summed E-state index contributed by atoms with van der Waals surface area (Å²) in [6.45, 7) is 1.64. The van der Waals surface area contributed by atoms with Crippen molar-refractivity contribution < 1.29 is 9.47 Å². The van der Waals surface area contributed by atoms with Gasteiger partial charge in [-0.05, 0) is 48.4 Å². The fraction of sp³-hybridized carbons (Fsp3) is 0.444. The zero-order valence-electron chi connectivity index (χ0n) is 11.9. The van der Waals surface area contributed by atoms with Gasteiger partial charge >= 0.3 is 0 Å². The largest absolute Gasteiger partial charge is 0.353 e. The van der Waals surface area contributed by atoms with Crippen LogP contribution in [0.5, 0.6) is 0 Å². The van der Waals surface area contributed by atoms with Crippen molar-refractivity contribution in [1.29, 1.82) is 0 Å². The normalized spacial score (nSPS) is 19.3. The molecular weight excluding hydrogens is 248 g/mol. The van der Waals surface area contributed by atoms with E-state index in [1.54, 1.807) is 0 Å². The highest BCUT2D eigenvalue weighted by Crippen LogP contribution is 2.20. The third kappa shape index (κ3) is 3.38. The van der Waals surface area contributed by atoms with Crippen molar-refractivity contribution in [2.75, 3.05) is 13.2 Å². The maximum atomic E-state index is 5.79. The first-order valence-corrected chi connectivity index (χ1v) is 7.63. The molecule has 1 aliphatic rings. The third-order valence-electron chi connectivity index (χ3n) is 3.91. The van der Waals surface area contributed by atoms with Crippen LogP contribution in [0, 0.1) is 0 Å². The number of hydrogen-bond acceptors (Lipinski definition) is 2. The molecule has 0 bridgehead atoms. The summed E-state index contributed by atoms with van der Waals surface area (Å²) < 4.78 is 11.4. The number of benzene rings is 2. The van der Waals surface area contributed by atoms with Gasteiger partial charge in [-0.15, -0.1) is 0 Å². The molecule has 3 rings (SSSR count). The van der Waals surface area contributed by atoms with E-state index in [0.717, 1.165) is 32.5 Å². The molecule has 2 heteroatoms. The van der Waals surface area contributed by atoms with Gasteiger partial charge in [0, 0.05) is 6.61 Å². The molecule has 0 aromatic heterocycles. The minimum atomic E-state index is 0.0382. The topological polar surface area (TPSA) is 18.5 Å². The van der Waals surface area contributed by atoms with Gasteiger partial charge in [0.1, 0.15) is 0 Å². The highest BCUT2D eigenvalue weighted by molar-refractivity contribution is 5.85. The van der Waals surface area contributed by atoms with E-state index in [2.05, 4.69) is 42.5 Å². The Kier molecular flexibility index (Phi) is 4.67. The maximum absolute atomic E-state index is 5.79. The smallest absolute Gasteiger partial charge is 0.157 e. The second kappa shape index (κ2) is 6.87. The lowest BCUT2D eigenvalue weighted by molar-refractivity contribution is -0.162. The second-order valence-electron chi connectivity index (χ2n) is 5.41. The minimum absolute atomic E-state index is 0.0382. The number of aryl methyl sites for hydroxylation is 1. The molecule has 106 valence electrons. The van der Waals surface area contributed by atoms with Crippen molar-refractivity contribution in [3.63, 3.8) is 0 Å². The van der Waals surface area contributed by atoms with Gasteiger partial charge in [0.05, 0.1) is 6.61 Å². The summed E-state index contributed by atoms with van der Waals surface area (Å²) in [5, 5.41) is 2.69. The summed E-state index contributed by atoms with van der Waals surface area (Å²) in [7, 11) is 0. The average Bonchev–Trinajstić information content (AvgIpc) is 2.53. The summed E-state index contributed by atoms with van der Waals surface area (Å²) in [5.41, 5.74) is 1.41. The van der Waals surface area contributed by atoms with Gasteiger partial charge in [-0.3, -0.25) is 0 Å². The molecule has 1 unspecified atom stereocenters. The molecule has 1 atom stereocenters. The van der Waals surface area contributed by atoms with Crippen molar-refractivity contribution >= 4 is 10.8 Å². The Balaban J connectivity index is 1.52. The first-order valence-electron chi connectivity index (χ1n) is 7.63. The van der Waals surface area contributed by atoms with Gasteiger partial charge in [0.2, 0.25) is 0 Å². The monoisotopic (exact) mass is 270 g/mol. The van der Waals surface area contributed by atoms with Crippen LogP contribution in [0.15, 0.2) is 42.5 Å². The van der Waals surface area contributed by atoms with Crippen LogP contribution in [0.4, 0.5) is 0 Å². The molecule has 1 heterocycles. The van der Waals surface area contributed by atoms with Crippen LogP contribution < -0.4 is 0 Å². The van der Waals surface area contributed by atoms with Gasteiger partial charge in [-0.2, -0.15) is 0 Å². The molecule has 2 nitrogen and oxygen atoms in total. The van der Waals surface area contributed by atoms with E-state index in [0.29, 0.717) is 0 Å². The van der Waals surface area contributed by atoms with Crippen molar-refractivity contribution in [3.8, 4) is 0 Å². The predicted octanol–water partition coefficient (Wildman–Crippen LogP) is 4.32. The van der Waals surface area contributed by atoms with E-state index in [-0.39, 0.29) is 6.29 Å².